The number of aliphatic hydroxyl groups is 3. The quantitative estimate of drug-likeness (QED) is 0.199. The van der Waals surface area contributed by atoms with Crippen molar-refractivity contribution in [2.24, 2.45) is 41.4 Å². The van der Waals surface area contributed by atoms with Crippen molar-refractivity contribution in [3.63, 3.8) is 0 Å². The normalized spacial score (nSPS) is 32.2. The van der Waals surface area contributed by atoms with Crippen molar-refractivity contribution in [2.75, 3.05) is 26.4 Å². The number of aliphatic hydroxyl groups excluding tert-OH is 2. The Balaban J connectivity index is 1.84. The standard InChI is InChI=1S/C29H42O9/c1-16(2)22-6-5-18(12-30)9-19(22)10-20(13-31)27(34)38-15-29(36)8-7-23(17(3)4)24-11-21(26(32)33)14-37-28(35)25(24)29/h9-11,16-17,19,22-25,30-31,36H,5-8,12-15H2,1-4H3,(H,32,33)/b20-10+/t19-,22-,23+,24+,25-,29+/m1/s1. The predicted octanol–water partition coefficient (Wildman–Crippen LogP) is 2.65. The molecule has 38 heavy (non-hydrogen) atoms. The number of allylic oxidation sites excluding steroid dienone is 3. The van der Waals surface area contributed by atoms with Gasteiger partial charge in [-0.1, -0.05) is 45.9 Å². The number of hydrogen-bond donors (Lipinski definition) is 4. The molecule has 2 aliphatic carbocycles. The second-order valence-corrected chi connectivity index (χ2v) is 11.6. The fraction of sp³-hybridized carbons (Fsp3) is 0.690. The number of carbonyl (C=O) groups excluding carboxylic acids is 2. The minimum Gasteiger partial charge on any atom is -0.478 e. The summed E-state index contributed by atoms with van der Waals surface area (Å²) in [6, 6.07) is 0. The van der Waals surface area contributed by atoms with E-state index >= 15 is 0 Å². The first-order valence-electron chi connectivity index (χ1n) is 13.5. The van der Waals surface area contributed by atoms with Crippen LogP contribution >= 0.6 is 0 Å². The summed E-state index contributed by atoms with van der Waals surface area (Å²) in [7, 11) is 0. The topological polar surface area (TPSA) is 151 Å². The highest BCUT2D eigenvalue weighted by molar-refractivity contribution is 5.89. The number of carbonyl (C=O) groups is 3. The Morgan fingerprint density at radius 3 is 2.39 bits per heavy atom. The number of carboxylic acids is 1. The molecule has 1 fully saturated rings. The summed E-state index contributed by atoms with van der Waals surface area (Å²) in [6.45, 7) is 6.66. The number of rotatable bonds is 9. The maximum atomic E-state index is 13.0. The van der Waals surface area contributed by atoms with E-state index in [1.165, 1.54) is 6.08 Å². The fourth-order valence-corrected chi connectivity index (χ4v) is 6.36. The summed E-state index contributed by atoms with van der Waals surface area (Å²) < 4.78 is 10.7. The van der Waals surface area contributed by atoms with Crippen LogP contribution < -0.4 is 0 Å². The molecule has 4 N–H and O–H groups in total. The van der Waals surface area contributed by atoms with E-state index in [0.717, 1.165) is 18.4 Å². The zero-order valence-electron chi connectivity index (χ0n) is 22.8. The van der Waals surface area contributed by atoms with Crippen LogP contribution in [0.25, 0.3) is 0 Å². The molecular weight excluding hydrogens is 492 g/mol. The molecule has 0 bridgehead atoms. The Morgan fingerprint density at radius 2 is 1.82 bits per heavy atom. The molecule has 0 aromatic heterocycles. The lowest BCUT2D eigenvalue weighted by Crippen LogP contribution is -2.55. The molecule has 0 radical (unpaired) electrons. The maximum absolute atomic E-state index is 13.0. The number of esters is 2. The number of ether oxygens (including phenoxy) is 2. The van der Waals surface area contributed by atoms with Gasteiger partial charge in [-0.15, -0.1) is 0 Å². The van der Waals surface area contributed by atoms with Crippen LogP contribution in [0.2, 0.25) is 0 Å². The number of aliphatic carboxylic acids is 1. The summed E-state index contributed by atoms with van der Waals surface area (Å²) in [5, 5.41) is 40.7. The maximum Gasteiger partial charge on any atom is 0.336 e. The molecule has 0 amide bonds. The van der Waals surface area contributed by atoms with Crippen molar-refractivity contribution in [3.05, 3.63) is 34.9 Å². The van der Waals surface area contributed by atoms with Crippen molar-refractivity contribution < 1.29 is 44.3 Å². The van der Waals surface area contributed by atoms with Gasteiger partial charge in [-0.05, 0) is 66.8 Å². The average molecular weight is 535 g/mol. The SMILES string of the molecule is CC(C)[C@H]1CCC(CO)=C[C@@H]1/C=C(\CO)C(=O)OC[C@@]1(O)CC[C@@H](C(C)C)[C@@H]2C=C(C(=O)O)COC(=O)[C@@H]21. The van der Waals surface area contributed by atoms with E-state index in [-0.39, 0.29) is 54.5 Å². The Hall–Kier alpha value is -2.49. The van der Waals surface area contributed by atoms with Crippen molar-refractivity contribution in [1.29, 1.82) is 0 Å². The summed E-state index contributed by atoms with van der Waals surface area (Å²) in [4.78, 5) is 37.8. The lowest BCUT2D eigenvalue weighted by Gasteiger charge is -2.46. The first-order valence-corrected chi connectivity index (χ1v) is 13.5. The molecule has 9 heteroatoms. The number of carboxylic acid groups (broad SMARTS) is 1. The van der Waals surface area contributed by atoms with Crippen LogP contribution in [-0.2, 0) is 23.9 Å². The largest absolute Gasteiger partial charge is 0.478 e. The number of hydrogen-bond acceptors (Lipinski definition) is 8. The summed E-state index contributed by atoms with van der Waals surface area (Å²) in [5.41, 5.74) is -0.852. The zero-order valence-corrected chi connectivity index (χ0v) is 22.8. The molecule has 1 heterocycles. The van der Waals surface area contributed by atoms with Crippen LogP contribution in [0.4, 0.5) is 0 Å². The van der Waals surface area contributed by atoms with Crippen LogP contribution in [0.1, 0.15) is 53.4 Å². The van der Waals surface area contributed by atoms with Crippen molar-refractivity contribution in [2.45, 2.75) is 59.0 Å². The first-order chi connectivity index (χ1) is 17.9. The molecule has 0 spiro atoms. The molecule has 212 valence electrons. The van der Waals surface area contributed by atoms with Gasteiger partial charge in [-0.3, -0.25) is 4.79 Å². The highest BCUT2D eigenvalue weighted by Crippen LogP contribution is 2.47. The van der Waals surface area contributed by atoms with Gasteiger partial charge in [0, 0.05) is 0 Å². The molecule has 1 saturated carbocycles. The summed E-state index contributed by atoms with van der Waals surface area (Å²) >= 11 is 0. The second kappa shape index (κ2) is 12.6. The molecule has 0 saturated heterocycles. The Morgan fingerprint density at radius 1 is 1.13 bits per heavy atom. The van der Waals surface area contributed by atoms with E-state index in [2.05, 4.69) is 13.8 Å². The van der Waals surface area contributed by atoms with Gasteiger partial charge in [0.1, 0.15) is 18.8 Å². The van der Waals surface area contributed by atoms with Crippen LogP contribution in [0.15, 0.2) is 34.9 Å². The molecule has 1 aliphatic heterocycles. The minimum atomic E-state index is -1.75. The molecule has 3 rings (SSSR count). The monoisotopic (exact) mass is 534 g/mol. The third-order valence-electron chi connectivity index (χ3n) is 8.58. The fourth-order valence-electron chi connectivity index (χ4n) is 6.36. The van der Waals surface area contributed by atoms with Gasteiger partial charge in [-0.25, -0.2) is 9.59 Å². The average Bonchev–Trinajstić information content (AvgIpc) is 3.05. The Bertz CT molecular complexity index is 992. The molecule has 9 nitrogen and oxygen atoms in total. The molecule has 0 aromatic rings. The minimum absolute atomic E-state index is 0.0364. The molecule has 0 unspecified atom stereocenters. The van der Waals surface area contributed by atoms with Gasteiger partial charge in [0.2, 0.25) is 0 Å². The van der Waals surface area contributed by atoms with E-state index in [0.29, 0.717) is 12.3 Å². The van der Waals surface area contributed by atoms with Gasteiger partial charge in [0.25, 0.3) is 0 Å². The van der Waals surface area contributed by atoms with Gasteiger partial charge >= 0.3 is 17.9 Å². The molecule has 0 aromatic carbocycles. The number of cyclic esters (lactones) is 1. The highest BCUT2D eigenvalue weighted by Gasteiger charge is 2.54. The smallest absolute Gasteiger partial charge is 0.336 e. The van der Waals surface area contributed by atoms with Gasteiger partial charge < -0.3 is 29.9 Å². The van der Waals surface area contributed by atoms with Crippen molar-refractivity contribution in [1.82, 2.24) is 0 Å². The van der Waals surface area contributed by atoms with E-state index < -0.39 is 48.6 Å². The van der Waals surface area contributed by atoms with Gasteiger partial charge in [0.05, 0.1) is 30.3 Å². The van der Waals surface area contributed by atoms with Crippen molar-refractivity contribution in [3.8, 4) is 0 Å². The van der Waals surface area contributed by atoms with E-state index in [4.69, 9.17) is 9.47 Å². The van der Waals surface area contributed by atoms with Crippen LogP contribution in [-0.4, -0.2) is 70.4 Å². The van der Waals surface area contributed by atoms with Crippen molar-refractivity contribution >= 4 is 17.9 Å². The van der Waals surface area contributed by atoms with Gasteiger partial charge in [-0.2, -0.15) is 0 Å². The highest BCUT2D eigenvalue weighted by atomic mass is 16.6. The number of fused-ring (bicyclic) bond motifs is 1. The third-order valence-corrected chi connectivity index (χ3v) is 8.58. The molecule has 3 aliphatic rings. The Kier molecular flexibility index (Phi) is 9.95. The predicted molar refractivity (Wildman–Crippen MR) is 139 cm³/mol. The Labute approximate surface area is 224 Å². The first kappa shape index (κ1) is 30.1. The van der Waals surface area contributed by atoms with E-state index in [1.807, 2.05) is 19.9 Å². The second-order valence-electron chi connectivity index (χ2n) is 11.6. The lowest BCUT2D eigenvalue weighted by atomic mass is 9.61. The molecule has 6 atom stereocenters. The lowest BCUT2D eigenvalue weighted by molar-refractivity contribution is -0.181. The summed E-state index contributed by atoms with van der Waals surface area (Å²) in [6.07, 6.45) is 7.46. The van der Waals surface area contributed by atoms with Crippen LogP contribution in [0, 0.1) is 41.4 Å². The summed E-state index contributed by atoms with van der Waals surface area (Å²) in [5.74, 6) is -3.91. The van der Waals surface area contributed by atoms with Gasteiger partial charge in [0.15, 0.2) is 0 Å². The zero-order chi connectivity index (χ0) is 28.2. The van der Waals surface area contributed by atoms with E-state index in [1.54, 1.807) is 6.08 Å². The molecular formula is C29H42O9. The van der Waals surface area contributed by atoms with Crippen LogP contribution in [0.5, 0.6) is 0 Å². The van der Waals surface area contributed by atoms with Crippen LogP contribution in [0.3, 0.4) is 0 Å². The van der Waals surface area contributed by atoms with E-state index in [9.17, 15) is 34.8 Å². The third kappa shape index (κ3) is 6.55.